The van der Waals surface area contributed by atoms with Gasteiger partial charge in [-0.2, -0.15) is 0 Å². The summed E-state index contributed by atoms with van der Waals surface area (Å²) in [7, 11) is 1.58. The third kappa shape index (κ3) is 4.09. The fraction of sp³-hybridized carbons (Fsp3) is 0.308. The molecule has 0 saturated carbocycles. The van der Waals surface area contributed by atoms with Crippen molar-refractivity contribution in [3.8, 4) is 0 Å². The Labute approximate surface area is 120 Å². The van der Waals surface area contributed by atoms with Crippen molar-refractivity contribution >= 4 is 28.8 Å². The first-order valence-electron chi connectivity index (χ1n) is 5.79. The number of nitrogens with one attached hydrogen (secondary N) is 1. The molecule has 0 saturated heterocycles. The topological polar surface area (TPSA) is 51.5 Å². The number of rotatable bonds is 6. The quantitative estimate of drug-likeness (QED) is 0.891. The number of carbonyl (C=O) groups excluding carboxylic acids is 1. The van der Waals surface area contributed by atoms with Gasteiger partial charge in [0.2, 0.25) is 0 Å². The second kappa shape index (κ2) is 6.75. The van der Waals surface area contributed by atoms with E-state index in [0.717, 1.165) is 15.6 Å². The van der Waals surface area contributed by atoms with E-state index in [2.05, 4.69) is 5.32 Å². The molecule has 102 valence electrons. The Balaban J connectivity index is 1.80. The molecule has 0 radical (unpaired) electrons. The summed E-state index contributed by atoms with van der Waals surface area (Å²) in [6.07, 6.45) is 0.759. The van der Waals surface area contributed by atoms with Crippen LogP contribution in [0.4, 0.5) is 0 Å². The van der Waals surface area contributed by atoms with Gasteiger partial charge in [0, 0.05) is 18.5 Å². The molecule has 0 aliphatic heterocycles. The van der Waals surface area contributed by atoms with Crippen LogP contribution in [0.1, 0.15) is 21.2 Å². The second-order valence-electron chi connectivity index (χ2n) is 3.91. The molecule has 4 nitrogen and oxygen atoms in total. The molecule has 2 heterocycles. The van der Waals surface area contributed by atoms with Crippen LogP contribution in [0.5, 0.6) is 0 Å². The molecular formula is C13H14ClNO3S. The van der Waals surface area contributed by atoms with E-state index in [1.54, 1.807) is 19.2 Å². The summed E-state index contributed by atoms with van der Waals surface area (Å²) in [6, 6.07) is 7.19. The Hall–Kier alpha value is -1.30. The lowest BCUT2D eigenvalue weighted by Gasteiger charge is -2.01. The van der Waals surface area contributed by atoms with Gasteiger partial charge in [0.1, 0.15) is 12.4 Å². The first-order chi connectivity index (χ1) is 9.19. The smallest absolute Gasteiger partial charge is 0.287 e. The average molecular weight is 300 g/mol. The molecule has 0 unspecified atom stereocenters. The van der Waals surface area contributed by atoms with E-state index in [0.29, 0.717) is 24.7 Å². The Morgan fingerprint density at radius 2 is 2.26 bits per heavy atom. The van der Waals surface area contributed by atoms with Crippen molar-refractivity contribution in [2.45, 2.75) is 13.0 Å². The molecule has 6 heteroatoms. The summed E-state index contributed by atoms with van der Waals surface area (Å²) in [5, 5.41) is 2.80. The summed E-state index contributed by atoms with van der Waals surface area (Å²) >= 11 is 7.35. The van der Waals surface area contributed by atoms with Gasteiger partial charge in [0.25, 0.3) is 5.91 Å². The van der Waals surface area contributed by atoms with Gasteiger partial charge in [-0.3, -0.25) is 4.79 Å². The van der Waals surface area contributed by atoms with Crippen LogP contribution < -0.4 is 5.32 Å². The normalized spacial score (nSPS) is 10.6. The largest absolute Gasteiger partial charge is 0.453 e. The van der Waals surface area contributed by atoms with E-state index < -0.39 is 0 Å². The highest BCUT2D eigenvalue weighted by atomic mass is 35.5. The highest BCUT2D eigenvalue weighted by molar-refractivity contribution is 7.16. The first-order valence-corrected chi connectivity index (χ1v) is 6.98. The van der Waals surface area contributed by atoms with E-state index in [1.807, 2.05) is 12.1 Å². The zero-order chi connectivity index (χ0) is 13.7. The maximum atomic E-state index is 11.8. The highest BCUT2D eigenvalue weighted by Gasteiger charge is 2.10. The first kappa shape index (κ1) is 14.1. The highest BCUT2D eigenvalue weighted by Crippen LogP contribution is 2.21. The summed E-state index contributed by atoms with van der Waals surface area (Å²) < 4.78 is 11.0. The van der Waals surface area contributed by atoms with Gasteiger partial charge < -0.3 is 14.5 Å². The maximum Gasteiger partial charge on any atom is 0.287 e. The predicted octanol–water partition coefficient (Wildman–Crippen LogP) is 3.11. The average Bonchev–Trinajstić information content (AvgIpc) is 2.99. The molecule has 0 aromatic carbocycles. The molecular weight excluding hydrogens is 286 g/mol. The lowest BCUT2D eigenvalue weighted by atomic mass is 10.3. The molecule has 0 aliphatic carbocycles. The summed E-state index contributed by atoms with van der Waals surface area (Å²) in [5.41, 5.74) is 0. The second-order valence-corrected chi connectivity index (χ2v) is 5.71. The van der Waals surface area contributed by atoms with E-state index in [1.165, 1.54) is 11.3 Å². The molecule has 2 aromatic heterocycles. The van der Waals surface area contributed by atoms with E-state index in [4.69, 9.17) is 20.8 Å². The monoisotopic (exact) mass is 299 g/mol. The fourth-order valence-corrected chi connectivity index (χ4v) is 2.68. The minimum Gasteiger partial charge on any atom is -0.453 e. The van der Waals surface area contributed by atoms with Crippen molar-refractivity contribution < 1.29 is 13.9 Å². The Morgan fingerprint density at radius 1 is 1.42 bits per heavy atom. The van der Waals surface area contributed by atoms with Crippen molar-refractivity contribution in [3.63, 3.8) is 0 Å². The molecule has 1 amide bonds. The summed E-state index contributed by atoms with van der Waals surface area (Å²) in [5.74, 6) is 0.721. The number of methoxy groups -OCH3 is 1. The van der Waals surface area contributed by atoms with E-state index in [-0.39, 0.29) is 5.91 Å². The van der Waals surface area contributed by atoms with Crippen molar-refractivity contribution in [1.82, 2.24) is 5.32 Å². The zero-order valence-corrected chi connectivity index (χ0v) is 12.0. The number of ether oxygens (including phenoxy) is 1. The van der Waals surface area contributed by atoms with Crippen LogP contribution >= 0.6 is 22.9 Å². The number of hydrogen-bond acceptors (Lipinski definition) is 4. The van der Waals surface area contributed by atoms with Crippen LogP contribution in [0.25, 0.3) is 0 Å². The fourth-order valence-electron chi connectivity index (χ4n) is 1.59. The number of furan rings is 1. The number of amides is 1. The van der Waals surface area contributed by atoms with Crippen molar-refractivity contribution in [2.75, 3.05) is 13.7 Å². The van der Waals surface area contributed by atoms with E-state index in [9.17, 15) is 4.79 Å². The van der Waals surface area contributed by atoms with Gasteiger partial charge >= 0.3 is 0 Å². The lowest BCUT2D eigenvalue weighted by molar-refractivity contribution is 0.0918. The Bertz CT molecular complexity index is 550. The molecule has 0 bridgehead atoms. The van der Waals surface area contributed by atoms with Gasteiger partial charge in [-0.25, -0.2) is 0 Å². The number of carbonyl (C=O) groups is 1. The van der Waals surface area contributed by atoms with Crippen LogP contribution in [0.15, 0.2) is 28.7 Å². The zero-order valence-electron chi connectivity index (χ0n) is 10.4. The van der Waals surface area contributed by atoms with Gasteiger partial charge in [-0.1, -0.05) is 11.6 Å². The molecule has 0 aliphatic rings. The number of halogens is 1. The minimum atomic E-state index is -0.218. The number of hydrogen-bond donors (Lipinski definition) is 1. The molecule has 1 N–H and O–H groups in total. The van der Waals surface area contributed by atoms with Crippen molar-refractivity contribution in [2.24, 2.45) is 0 Å². The van der Waals surface area contributed by atoms with E-state index >= 15 is 0 Å². The minimum absolute atomic E-state index is 0.218. The molecule has 2 aromatic rings. The summed E-state index contributed by atoms with van der Waals surface area (Å²) in [4.78, 5) is 12.9. The SMILES string of the molecule is COCc1ccc(C(=O)NCCc2ccc(Cl)s2)o1. The third-order valence-corrected chi connectivity index (χ3v) is 3.75. The van der Waals surface area contributed by atoms with Crippen molar-refractivity contribution in [1.29, 1.82) is 0 Å². The Morgan fingerprint density at radius 3 is 2.95 bits per heavy atom. The van der Waals surface area contributed by atoms with Gasteiger partial charge in [0.05, 0.1) is 4.34 Å². The van der Waals surface area contributed by atoms with Gasteiger partial charge in [-0.05, 0) is 30.7 Å². The molecule has 2 rings (SSSR count). The van der Waals surface area contributed by atoms with Gasteiger partial charge in [0.15, 0.2) is 5.76 Å². The van der Waals surface area contributed by atoms with Crippen LogP contribution in [0.2, 0.25) is 4.34 Å². The van der Waals surface area contributed by atoms with Crippen LogP contribution in [0.3, 0.4) is 0 Å². The molecule has 0 spiro atoms. The number of thiophene rings is 1. The third-order valence-electron chi connectivity index (χ3n) is 2.46. The maximum absolute atomic E-state index is 11.8. The predicted molar refractivity (Wildman–Crippen MR) is 74.8 cm³/mol. The van der Waals surface area contributed by atoms with Gasteiger partial charge in [-0.15, -0.1) is 11.3 Å². The van der Waals surface area contributed by atoms with Crippen molar-refractivity contribution in [3.05, 3.63) is 45.0 Å². The van der Waals surface area contributed by atoms with Crippen LogP contribution in [-0.2, 0) is 17.8 Å². The van der Waals surface area contributed by atoms with Crippen LogP contribution in [-0.4, -0.2) is 19.6 Å². The summed E-state index contributed by atoms with van der Waals surface area (Å²) in [6.45, 7) is 0.914. The molecule has 0 fully saturated rings. The van der Waals surface area contributed by atoms with Crippen LogP contribution in [0, 0.1) is 0 Å². The Kier molecular flexibility index (Phi) is 5.01. The standard InChI is InChI=1S/C13H14ClNO3S/c1-17-8-9-2-4-11(18-9)13(16)15-7-6-10-3-5-12(14)19-10/h2-5H,6-8H2,1H3,(H,15,16). The molecule has 19 heavy (non-hydrogen) atoms. The molecule has 0 atom stereocenters. The lowest BCUT2D eigenvalue weighted by Crippen LogP contribution is -2.25.